The molecule has 0 bridgehead atoms. The molecule has 0 atom stereocenters. The first kappa shape index (κ1) is 22.9. The molecular formula is C25H24FN5O3. The number of carbonyl (C=O) groups is 2. The Hall–Kier alpha value is -4.27. The molecule has 0 radical (unpaired) electrons. The van der Waals surface area contributed by atoms with E-state index in [1.165, 1.54) is 24.2 Å². The number of hydrogen-bond acceptors (Lipinski definition) is 6. The summed E-state index contributed by atoms with van der Waals surface area (Å²) in [5.41, 5.74) is 3.05. The standard InChI is InChI=1S/C25H24FN5O3/c1-14-11-18-19(29-14)9-10-20(22(18)26)34-24-21(25(33)31(3)4)23(27-13-28-24)30-17-7-5-16(6-8-17)12-15(2)32/h5-11,13,29H,12H2,1-4H3,(H,27,28,30). The molecular weight excluding hydrogens is 437 g/mol. The number of benzene rings is 2. The van der Waals surface area contributed by atoms with Crippen LogP contribution in [0.25, 0.3) is 10.9 Å². The van der Waals surface area contributed by atoms with Crippen molar-refractivity contribution in [3.8, 4) is 11.6 Å². The van der Waals surface area contributed by atoms with E-state index >= 15 is 4.39 Å². The Labute approximate surface area is 195 Å². The Bertz CT molecular complexity index is 1380. The van der Waals surface area contributed by atoms with Crippen molar-refractivity contribution >= 4 is 34.1 Å². The van der Waals surface area contributed by atoms with Crippen molar-refractivity contribution in [1.82, 2.24) is 19.9 Å². The molecule has 0 aliphatic carbocycles. The van der Waals surface area contributed by atoms with E-state index in [1.807, 2.05) is 19.1 Å². The summed E-state index contributed by atoms with van der Waals surface area (Å²) < 4.78 is 20.9. The third-order valence-electron chi connectivity index (χ3n) is 5.15. The lowest BCUT2D eigenvalue weighted by atomic mass is 10.1. The Morgan fingerprint density at radius 3 is 2.53 bits per heavy atom. The van der Waals surface area contributed by atoms with Gasteiger partial charge in [-0.3, -0.25) is 9.59 Å². The first-order valence-electron chi connectivity index (χ1n) is 10.6. The highest BCUT2D eigenvalue weighted by atomic mass is 19.1. The van der Waals surface area contributed by atoms with Crippen molar-refractivity contribution in [3.63, 3.8) is 0 Å². The van der Waals surface area contributed by atoms with E-state index in [9.17, 15) is 9.59 Å². The van der Waals surface area contributed by atoms with Crippen LogP contribution in [-0.2, 0) is 11.2 Å². The number of amides is 1. The molecule has 8 nitrogen and oxygen atoms in total. The number of ether oxygens (including phenoxy) is 1. The number of anilines is 2. The maximum absolute atomic E-state index is 15.1. The van der Waals surface area contributed by atoms with E-state index in [0.29, 0.717) is 23.0 Å². The first-order chi connectivity index (χ1) is 16.2. The molecule has 0 fully saturated rings. The van der Waals surface area contributed by atoms with E-state index in [0.717, 1.165) is 11.3 Å². The summed E-state index contributed by atoms with van der Waals surface area (Å²) in [5.74, 6) is -0.823. The van der Waals surface area contributed by atoms with Gasteiger partial charge in [0.25, 0.3) is 5.91 Å². The van der Waals surface area contributed by atoms with Gasteiger partial charge in [0.15, 0.2) is 17.4 Å². The minimum Gasteiger partial charge on any atom is -0.435 e. The average Bonchev–Trinajstić information content (AvgIpc) is 3.17. The fraction of sp³-hybridized carbons (Fsp3) is 0.200. The van der Waals surface area contributed by atoms with Crippen LogP contribution in [0.2, 0.25) is 0 Å². The molecule has 0 spiro atoms. The van der Waals surface area contributed by atoms with Crippen LogP contribution in [-0.4, -0.2) is 45.6 Å². The average molecular weight is 461 g/mol. The van der Waals surface area contributed by atoms with Gasteiger partial charge in [0.1, 0.15) is 17.7 Å². The molecule has 1 amide bonds. The lowest BCUT2D eigenvalue weighted by Crippen LogP contribution is -2.24. The second-order valence-electron chi connectivity index (χ2n) is 8.20. The molecule has 4 rings (SSSR count). The number of carbonyl (C=O) groups excluding carboxylic acids is 2. The summed E-state index contributed by atoms with van der Waals surface area (Å²) in [7, 11) is 3.18. The lowest BCUT2D eigenvalue weighted by Gasteiger charge is -2.17. The molecule has 34 heavy (non-hydrogen) atoms. The minimum absolute atomic E-state index is 0.0578. The zero-order chi connectivity index (χ0) is 24.4. The summed E-state index contributed by atoms with van der Waals surface area (Å²) in [6, 6.07) is 12.1. The van der Waals surface area contributed by atoms with Crippen LogP contribution in [0.1, 0.15) is 28.5 Å². The predicted octanol–water partition coefficient (Wildman–Crippen LogP) is 4.77. The van der Waals surface area contributed by atoms with Crippen molar-refractivity contribution in [3.05, 3.63) is 71.4 Å². The molecule has 4 aromatic rings. The van der Waals surface area contributed by atoms with Crippen LogP contribution in [0.15, 0.2) is 48.8 Å². The summed E-state index contributed by atoms with van der Waals surface area (Å²) in [6.07, 6.45) is 1.58. The van der Waals surface area contributed by atoms with Crippen LogP contribution < -0.4 is 10.1 Å². The number of aryl methyl sites for hydroxylation is 1. The lowest BCUT2D eigenvalue weighted by molar-refractivity contribution is -0.116. The number of fused-ring (bicyclic) bond motifs is 1. The zero-order valence-electron chi connectivity index (χ0n) is 19.3. The van der Waals surface area contributed by atoms with Crippen LogP contribution in [0.3, 0.4) is 0 Å². The van der Waals surface area contributed by atoms with E-state index in [4.69, 9.17) is 4.74 Å². The normalized spacial score (nSPS) is 10.9. The molecule has 0 saturated heterocycles. The number of H-pyrrole nitrogens is 1. The summed E-state index contributed by atoms with van der Waals surface area (Å²) in [5, 5.41) is 3.48. The molecule has 2 aromatic carbocycles. The highest BCUT2D eigenvalue weighted by Gasteiger charge is 2.24. The molecule has 0 aliphatic rings. The van der Waals surface area contributed by atoms with E-state index in [1.54, 1.807) is 38.4 Å². The SMILES string of the molecule is CC(=O)Cc1ccc(Nc2ncnc(Oc3ccc4[nH]c(C)cc4c3F)c2C(=O)N(C)C)cc1. The minimum atomic E-state index is -0.556. The van der Waals surface area contributed by atoms with E-state index in [2.05, 4.69) is 20.3 Å². The van der Waals surface area contributed by atoms with Gasteiger partial charge in [-0.1, -0.05) is 12.1 Å². The molecule has 2 N–H and O–H groups in total. The first-order valence-corrected chi connectivity index (χ1v) is 10.6. The molecule has 0 unspecified atom stereocenters. The predicted molar refractivity (Wildman–Crippen MR) is 127 cm³/mol. The van der Waals surface area contributed by atoms with Crippen LogP contribution in [0.4, 0.5) is 15.9 Å². The molecule has 9 heteroatoms. The molecule has 0 aliphatic heterocycles. The number of rotatable bonds is 7. The number of halogens is 1. The second kappa shape index (κ2) is 9.30. The monoisotopic (exact) mass is 461 g/mol. The fourth-order valence-corrected chi connectivity index (χ4v) is 3.56. The summed E-state index contributed by atoms with van der Waals surface area (Å²) >= 11 is 0. The number of Topliss-reactive ketones (excluding diaryl/α,β-unsaturated/α-hetero) is 1. The number of ketones is 1. The number of nitrogens with zero attached hydrogens (tertiary/aromatic N) is 3. The van der Waals surface area contributed by atoms with Gasteiger partial charge in [-0.05, 0) is 49.7 Å². The molecule has 2 aromatic heterocycles. The van der Waals surface area contributed by atoms with Crippen LogP contribution in [0.5, 0.6) is 11.6 Å². The number of hydrogen-bond donors (Lipinski definition) is 2. The highest BCUT2D eigenvalue weighted by Crippen LogP contribution is 2.33. The van der Waals surface area contributed by atoms with Gasteiger partial charge in [0, 0.05) is 42.8 Å². The largest absolute Gasteiger partial charge is 0.435 e. The van der Waals surface area contributed by atoms with Crippen LogP contribution >= 0.6 is 0 Å². The Morgan fingerprint density at radius 1 is 1.12 bits per heavy atom. The van der Waals surface area contributed by atoms with Crippen molar-refractivity contribution in [2.45, 2.75) is 20.3 Å². The Balaban J connectivity index is 1.71. The van der Waals surface area contributed by atoms with Gasteiger partial charge in [-0.15, -0.1) is 0 Å². The molecule has 2 heterocycles. The van der Waals surface area contributed by atoms with Crippen molar-refractivity contribution < 1.29 is 18.7 Å². The van der Waals surface area contributed by atoms with E-state index < -0.39 is 11.7 Å². The second-order valence-corrected chi connectivity index (χ2v) is 8.20. The van der Waals surface area contributed by atoms with Crippen molar-refractivity contribution in [2.75, 3.05) is 19.4 Å². The summed E-state index contributed by atoms with van der Waals surface area (Å²) in [4.78, 5) is 37.2. The Morgan fingerprint density at radius 2 is 1.85 bits per heavy atom. The third kappa shape index (κ3) is 4.73. The van der Waals surface area contributed by atoms with Gasteiger partial charge >= 0.3 is 0 Å². The van der Waals surface area contributed by atoms with Gasteiger partial charge in [-0.25, -0.2) is 14.4 Å². The molecule has 0 saturated carbocycles. The summed E-state index contributed by atoms with van der Waals surface area (Å²) in [6.45, 7) is 3.37. The quantitative estimate of drug-likeness (QED) is 0.411. The van der Waals surface area contributed by atoms with Gasteiger partial charge in [-0.2, -0.15) is 0 Å². The topological polar surface area (TPSA) is 100 Å². The Kier molecular flexibility index (Phi) is 6.27. The van der Waals surface area contributed by atoms with Crippen molar-refractivity contribution in [1.29, 1.82) is 0 Å². The number of aromatic amines is 1. The van der Waals surface area contributed by atoms with Gasteiger partial charge in [0.2, 0.25) is 5.88 Å². The maximum atomic E-state index is 15.1. The van der Waals surface area contributed by atoms with Crippen LogP contribution in [0, 0.1) is 12.7 Å². The highest BCUT2D eigenvalue weighted by molar-refractivity contribution is 6.01. The third-order valence-corrected chi connectivity index (χ3v) is 5.15. The van der Waals surface area contributed by atoms with E-state index in [-0.39, 0.29) is 28.8 Å². The van der Waals surface area contributed by atoms with Gasteiger partial charge in [0.05, 0.1) is 0 Å². The fourth-order valence-electron chi connectivity index (χ4n) is 3.56. The van der Waals surface area contributed by atoms with Gasteiger partial charge < -0.3 is 19.9 Å². The smallest absolute Gasteiger partial charge is 0.262 e. The number of aromatic nitrogens is 3. The molecule has 174 valence electrons. The number of nitrogens with one attached hydrogen (secondary N) is 2. The van der Waals surface area contributed by atoms with Crippen molar-refractivity contribution in [2.24, 2.45) is 0 Å². The maximum Gasteiger partial charge on any atom is 0.262 e. The zero-order valence-corrected chi connectivity index (χ0v) is 19.3.